The fraction of sp³-hybridized carbons (Fsp3) is 0. The summed E-state index contributed by atoms with van der Waals surface area (Å²) in [6, 6.07) is 31.9. The van der Waals surface area contributed by atoms with E-state index < -0.39 is 4.92 Å². The highest BCUT2D eigenvalue weighted by atomic mass is 16.6. The number of rotatable bonds is 1. The van der Waals surface area contributed by atoms with Gasteiger partial charge in [0, 0.05) is 22.4 Å². The number of para-hydroxylation sites is 3. The number of hydrogen-bond donors (Lipinski definition) is 1. The third kappa shape index (κ3) is 5.09. The lowest BCUT2D eigenvalue weighted by Crippen LogP contribution is -1.86. The maximum Gasteiger partial charge on any atom is 0.389 e. The van der Waals surface area contributed by atoms with Crippen molar-refractivity contribution in [1.29, 1.82) is 0 Å². The van der Waals surface area contributed by atoms with Crippen LogP contribution in [-0.2, 0) is 0 Å². The van der Waals surface area contributed by atoms with E-state index in [1.165, 1.54) is 28.4 Å². The second-order valence-corrected chi connectivity index (χ2v) is 6.76. The fourth-order valence-corrected chi connectivity index (χ4v) is 3.09. The van der Waals surface area contributed by atoms with E-state index in [-0.39, 0.29) is 5.82 Å². The van der Waals surface area contributed by atoms with Crippen molar-refractivity contribution in [1.82, 2.24) is 20.2 Å². The van der Waals surface area contributed by atoms with Crippen LogP contribution >= 0.6 is 0 Å². The molecule has 0 bridgehead atoms. The van der Waals surface area contributed by atoms with Crippen LogP contribution in [0.5, 0.6) is 0 Å². The first-order valence-corrected chi connectivity index (χ1v) is 9.89. The summed E-state index contributed by atoms with van der Waals surface area (Å²) in [4.78, 5) is 18.0. The molecule has 0 radical (unpaired) electrons. The molecule has 0 aliphatic carbocycles. The number of nitrogens with zero attached hydrogens (tertiary/aromatic N) is 4. The predicted molar refractivity (Wildman–Crippen MR) is 126 cm³/mol. The Morgan fingerprint density at radius 3 is 1.78 bits per heavy atom. The summed E-state index contributed by atoms with van der Waals surface area (Å²) in [5.41, 5.74) is 3.18. The average molecular weight is 421 g/mol. The van der Waals surface area contributed by atoms with Crippen molar-refractivity contribution in [2.45, 2.75) is 0 Å². The first-order chi connectivity index (χ1) is 15.7. The van der Waals surface area contributed by atoms with Gasteiger partial charge in [-0.25, -0.2) is 4.98 Å². The molecule has 1 N–H and O–H groups in total. The van der Waals surface area contributed by atoms with E-state index in [0.717, 1.165) is 16.6 Å². The van der Waals surface area contributed by atoms with Crippen LogP contribution in [0.25, 0.3) is 32.7 Å². The second kappa shape index (κ2) is 9.90. The Labute approximate surface area is 183 Å². The molecule has 0 atom stereocenters. The van der Waals surface area contributed by atoms with Gasteiger partial charge >= 0.3 is 5.82 Å². The van der Waals surface area contributed by atoms with Crippen LogP contribution < -0.4 is 0 Å². The van der Waals surface area contributed by atoms with Crippen molar-refractivity contribution < 1.29 is 4.92 Å². The van der Waals surface area contributed by atoms with Crippen molar-refractivity contribution in [3.63, 3.8) is 0 Å². The van der Waals surface area contributed by atoms with Gasteiger partial charge in [0.15, 0.2) is 0 Å². The average Bonchev–Trinajstić information content (AvgIpc) is 3.39. The number of aromatic nitrogens is 4. The van der Waals surface area contributed by atoms with E-state index >= 15 is 0 Å². The zero-order valence-corrected chi connectivity index (χ0v) is 17.0. The van der Waals surface area contributed by atoms with E-state index in [2.05, 4.69) is 50.5 Å². The van der Waals surface area contributed by atoms with E-state index in [9.17, 15) is 10.1 Å². The largest absolute Gasteiger partial charge is 0.389 e. The van der Waals surface area contributed by atoms with Crippen LogP contribution in [0.3, 0.4) is 0 Å². The highest BCUT2D eigenvalue weighted by Gasteiger charge is 2.03. The lowest BCUT2D eigenvalue weighted by molar-refractivity contribution is -0.389. The number of nitro groups is 1. The molecule has 156 valence electrons. The third-order valence-electron chi connectivity index (χ3n) is 4.61. The minimum absolute atomic E-state index is 0.148. The molecule has 0 saturated carbocycles. The maximum atomic E-state index is 9.79. The molecule has 0 spiro atoms. The zero-order valence-electron chi connectivity index (χ0n) is 17.0. The first-order valence-electron chi connectivity index (χ1n) is 9.89. The van der Waals surface area contributed by atoms with Gasteiger partial charge in [0.05, 0.1) is 33.9 Å². The van der Waals surface area contributed by atoms with Gasteiger partial charge in [-0.05, 0) is 35.3 Å². The van der Waals surface area contributed by atoms with Crippen molar-refractivity contribution in [2.24, 2.45) is 0 Å². The van der Waals surface area contributed by atoms with Crippen LogP contribution in [0.2, 0.25) is 0 Å². The van der Waals surface area contributed by atoms with Crippen LogP contribution in [0.15, 0.2) is 109 Å². The highest BCUT2D eigenvalue weighted by Crippen LogP contribution is 2.18. The minimum Gasteiger partial charge on any atom is -0.358 e. The van der Waals surface area contributed by atoms with E-state index in [1.54, 1.807) is 0 Å². The van der Waals surface area contributed by atoms with Gasteiger partial charge in [-0.2, -0.15) is 5.10 Å². The van der Waals surface area contributed by atoms with E-state index in [4.69, 9.17) is 0 Å². The van der Waals surface area contributed by atoms with Crippen molar-refractivity contribution in [2.75, 3.05) is 0 Å². The summed E-state index contributed by atoms with van der Waals surface area (Å²) >= 11 is 0. The molecule has 0 aliphatic heterocycles. The molecule has 3 aromatic heterocycles. The Hall–Kier alpha value is -4.65. The van der Waals surface area contributed by atoms with Gasteiger partial charge in [0.25, 0.3) is 0 Å². The molecule has 6 aromatic rings. The molecule has 7 nitrogen and oxygen atoms in total. The maximum absolute atomic E-state index is 9.79. The Morgan fingerprint density at radius 1 is 0.688 bits per heavy atom. The summed E-state index contributed by atoms with van der Waals surface area (Å²) in [5.74, 6) is -0.148. The smallest absolute Gasteiger partial charge is 0.358 e. The standard InChI is InChI=1S/C13H9N.C9H7N.C3H3N3O2/c1-3-7-12-10(5-1)9-11-6-2-4-8-13(11)14-12;1-2-6-9-8(4-1)5-3-7-10-9;7-6(8)3-1-2-4-5-3/h1-9H;1-7H;1-2H,(H,4,5). The van der Waals surface area contributed by atoms with Crippen molar-refractivity contribution in [3.05, 3.63) is 120 Å². The van der Waals surface area contributed by atoms with E-state index in [1.807, 2.05) is 66.9 Å². The summed E-state index contributed by atoms with van der Waals surface area (Å²) in [6.07, 6.45) is 3.21. The van der Waals surface area contributed by atoms with Gasteiger partial charge in [-0.3, -0.25) is 4.98 Å². The fourth-order valence-electron chi connectivity index (χ4n) is 3.09. The molecule has 0 saturated heterocycles. The highest BCUT2D eigenvalue weighted by molar-refractivity contribution is 5.92. The zero-order chi connectivity index (χ0) is 22.2. The Kier molecular flexibility index (Phi) is 6.38. The summed E-state index contributed by atoms with van der Waals surface area (Å²) < 4.78 is 0. The molecular formula is C25H19N5O2. The van der Waals surface area contributed by atoms with Crippen LogP contribution in [0.1, 0.15) is 0 Å². The third-order valence-corrected chi connectivity index (χ3v) is 4.61. The molecule has 0 unspecified atom stereocenters. The quantitative estimate of drug-likeness (QED) is 0.201. The topological polar surface area (TPSA) is 97.6 Å². The molecule has 0 amide bonds. The predicted octanol–water partition coefficient (Wildman–Crippen LogP) is 5.94. The number of aromatic amines is 1. The molecule has 32 heavy (non-hydrogen) atoms. The second-order valence-electron chi connectivity index (χ2n) is 6.76. The van der Waals surface area contributed by atoms with Crippen LogP contribution in [0.4, 0.5) is 5.82 Å². The lowest BCUT2D eigenvalue weighted by atomic mass is 10.1. The Balaban J connectivity index is 0.000000121. The van der Waals surface area contributed by atoms with Crippen molar-refractivity contribution >= 4 is 38.5 Å². The van der Waals surface area contributed by atoms with Gasteiger partial charge in [-0.15, -0.1) is 0 Å². The normalized spacial score (nSPS) is 10.1. The molecule has 0 fully saturated rings. The number of benzene rings is 3. The number of pyridine rings is 2. The molecule has 3 aromatic carbocycles. The molecule has 0 aliphatic rings. The summed E-state index contributed by atoms with van der Waals surface area (Å²) in [6.45, 7) is 0. The SMILES string of the molecule is O=[N+]([O-])c1cc[nH]n1.c1ccc2nc3ccccc3cc2c1.c1ccc2ncccc2c1. The Bertz CT molecular complexity index is 1300. The van der Waals surface area contributed by atoms with Crippen LogP contribution in [0, 0.1) is 10.1 Å². The number of hydrogen-bond acceptors (Lipinski definition) is 5. The summed E-state index contributed by atoms with van der Waals surface area (Å²) in [7, 11) is 0. The molecule has 7 heteroatoms. The first kappa shape index (κ1) is 20.6. The van der Waals surface area contributed by atoms with Gasteiger partial charge in [-0.1, -0.05) is 60.7 Å². The number of nitrogens with one attached hydrogen (secondary N) is 1. The Morgan fingerprint density at radius 2 is 1.25 bits per heavy atom. The van der Waals surface area contributed by atoms with E-state index in [0.29, 0.717) is 0 Å². The van der Waals surface area contributed by atoms with Gasteiger partial charge < -0.3 is 10.1 Å². The molecular weight excluding hydrogens is 402 g/mol. The molecule has 6 rings (SSSR count). The summed E-state index contributed by atoms with van der Waals surface area (Å²) in [5, 5.41) is 19.0. The monoisotopic (exact) mass is 421 g/mol. The lowest BCUT2D eigenvalue weighted by Gasteiger charge is -1.99. The van der Waals surface area contributed by atoms with Gasteiger partial charge in [0.2, 0.25) is 0 Å². The minimum atomic E-state index is -0.559. The van der Waals surface area contributed by atoms with Gasteiger partial charge in [0.1, 0.15) is 0 Å². The number of fused-ring (bicyclic) bond motifs is 3. The molecule has 3 heterocycles. The van der Waals surface area contributed by atoms with Crippen LogP contribution in [-0.4, -0.2) is 25.1 Å². The van der Waals surface area contributed by atoms with Crippen molar-refractivity contribution in [3.8, 4) is 0 Å². The number of H-pyrrole nitrogens is 1.